The van der Waals surface area contributed by atoms with Crippen LogP contribution >= 0.6 is 0 Å². The first kappa shape index (κ1) is 22.5. The number of rotatable bonds is 7. The van der Waals surface area contributed by atoms with Crippen molar-refractivity contribution in [2.45, 2.75) is 63.3 Å². The van der Waals surface area contributed by atoms with Gasteiger partial charge in [0.25, 0.3) is 0 Å². The number of aryl methyl sites for hydroxylation is 2. The molecule has 0 bridgehead atoms. The van der Waals surface area contributed by atoms with Gasteiger partial charge in [-0.15, -0.1) is 0 Å². The first-order valence-electron chi connectivity index (χ1n) is 10.8. The van der Waals surface area contributed by atoms with Crippen LogP contribution < -0.4 is 5.32 Å². The summed E-state index contributed by atoms with van der Waals surface area (Å²) < 4.78 is 27.3. The zero-order valence-corrected chi connectivity index (χ0v) is 18.7. The van der Waals surface area contributed by atoms with Crippen molar-refractivity contribution in [2.75, 3.05) is 13.1 Å². The molecule has 0 aromatic heterocycles. The van der Waals surface area contributed by atoms with Crippen LogP contribution in [0.4, 0.5) is 0 Å². The summed E-state index contributed by atoms with van der Waals surface area (Å²) >= 11 is 0. The molecular formula is C24H32N2O3S. The minimum absolute atomic E-state index is 0.00739. The Labute approximate surface area is 180 Å². The van der Waals surface area contributed by atoms with E-state index >= 15 is 0 Å². The lowest BCUT2D eigenvalue weighted by Gasteiger charge is -2.20. The predicted octanol–water partition coefficient (Wildman–Crippen LogP) is 4.37. The van der Waals surface area contributed by atoms with Gasteiger partial charge >= 0.3 is 0 Å². The second-order valence-corrected chi connectivity index (χ2v) is 10.0. The molecule has 5 nitrogen and oxygen atoms in total. The van der Waals surface area contributed by atoms with E-state index < -0.39 is 10.0 Å². The van der Waals surface area contributed by atoms with Gasteiger partial charge in [0.1, 0.15) is 0 Å². The molecule has 1 heterocycles. The molecule has 1 aliphatic heterocycles. The summed E-state index contributed by atoms with van der Waals surface area (Å²) in [7, 11) is -3.43. The van der Waals surface area contributed by atoms with Crippen LogP contribution in [0.3, 0.4) is 0 Å². The number of amides is 1. The van der Waals surface area contributed by atoms with Gasteiger partial charge in [0.05, 0.1) is 10.9 Å². The molecule has 30 heavy (non-hydrogen) atoms. The molecule has 2 aromatic rings. The van der Waals surface area contributed by atoms with Gasteiger partial charge in [-0.1, -0.05) is 49.2 Å². The molecule has 0 aliphatic carbocycles. The van der Waals surface area contributed by atoms with Gasteiger partial charge < -0.3 is 5.32 Å². The Morgan fingerprint density at radius 1 is 1.00 bits per heavy atom. The Bertz CT molecular complexity index is 947. The van der Waals surface area contributed by atoms with Gasteiger partial charge in [0.2, 0.25) is 15.9 Å². The number of hydrogen-bond donors (Lipinski definition) is 1. The zero-order valence-electron chi connectivity index (χ0n) is 17.9. The van der Waals surface area contributed by atoms with E-state index in [-0.39, 0.29) is 11.9 Å². The molecular weight excluding hydrogens is 396 g/mol. The monoisotopic (exact) mass is 428 g/mol. The van der Waals surface area contributed by atoms with E-state index in [4.69, 9.17) is 0 Å². The van der Waals surface area contributed by atoms with E-state index in [0.717, 1.165) is 42.4 Å². The van der Waals surface area contributed by atoms with Crippen LogP contribution in [0, 0.1) is 6.92 Å². The van der Waals surface area contributed by atoms with Crippen molar-refractivity contribution in [1.82, 2.24) is 9.62 Å². The largest absolute Gasteiger partial charge is 0.350 e. The number of benzene rings is 2. The summed E-state index contributed by atoms with van der Waals surface area (Å²) in [5.41, 5.74) is 3.24. The highest BCUT2D eigenvalue weighted by Gasteiger charge is 2.24. The van der Waals surface area contributed by atoms with Gasteiger partial charge in [-0.3, -0.25) is 4.79 Å². The van der Waals surface area contributed by atoms with E-state index in [1.165, 1.54) is 0 Å². The van der Waals surface area contributed by atoms with Crippen LogP contribution in [0.25, 0.3) is 0 Å². The van der Waals surface area contributed by atoms with Crippen molar-refractivity contribution in [1.29, 1.82) is 0 Å². The molecule has 1 atom stereocenters. The second-order valence-electron chi connectivity index (χ2n) is 8.11. The molecule has 1 N–H and O–H groups in total. The van der Waals surface area contributed by atoms with Gasteiger partial charge in [-0.2, -0.15) is 4.31 Å². The van der Waals surface area contributed by atoms with Crippen molar-refractivity contribution in [3.63, 3.8) is 0 Å². The van der Waals surface area contributed by atoms with Gasteiger partial charge in [0.15, 0.2) is 0 Å². The Balaban J connectivity index is 1.55. The molecule has 1 saturated heterocycles. The highest BCUT2D eigenvalue weighted by Crippen LogP contribution is 2.21. The molecule has 0 radical (unpaired) electrons. The summed E-state index contributed by atoms with van der Waals surface area (Å²) in [4.78, 5) is 12.7. The van der Waals surface area contributed by atoms with E-state index in [9.17, 15) is 13.2 Å². The first-order valence-corrected chi connectivity index (χ1v) is 12.3. The van der Waals surface area contributed by atoms with Gasteiger partial charge in [-0.25, -0.2) is 8.42 Å². The maximum atomic E-state index is 12.9. The van der Waals surface area contributed by atoms with E-state index in [1.807, 2.05) is 50.2 Å². The minimum Gasteiger partial charge on any atom is -0.350 e. The Kier molecular flexibility index (Phi) is 7.67. The number of nitrogens with one attached hydrogen (secondary N) is 1. The molecule has 0 spiro atoms. The maximum Gasteiger partial charge on any atom is 0.243 e. The average Bonchev–Trinajstić information content (AvgIpc) is 3.03. The lowest BCUT2D eigenvalue weighted by atomic mass is 10.0. The summed E-state index contributed by atoms with van der Waals surface area (Å²) in [5, 5.41) is 3.05. The van der Waals surface area contributed by atoms with Crippen molar-refractivity contribution in [2.24, 2.45) is 0 Å². The van der Waals surface area contributed by atoms with Crippen LogP contribution in [0.5, 0.6) is 0 Å². The normalized spacial score (nSPS) is 16.6. The lowest BCUT2D eigenvalue weighted by molar-refractivity contribution is -0.121. The molecule has 3 rings (SSSR count). The lowest BCUT2D eigenvalue weighted by Crippen LogP contribution is -2.31. The number of carbonyl (C=O) groups is 1. The first-order chi connectivity index (χ1) is 14.4. The summed E-state index contributed by atoms with van der Waals surface area (Å²) in [6.45, 7) is 5.23. The van der Waals surface area contributed by atoms with Crippen LogP contribution in [0.2, 0.25) is 0 Å². The van der Waals surface area contributed by atoms with E-state index in [0.29, 0.717) is 30.8 Å². The second kappa shape index (κ2) is 10.2. The van der Waals surface area contributed by atoms with Crippen LogP contribution in [0.15, 0.2) is 53.4 Å². The third-order valence-corrected chi connectivity index (χ3v) is 7.71. The molecule has 1 aliphatic rings. The van der Waals surface area contributed by atoms with E-state index in [2.05, 4.69) is 5.32 Å². The van der Waals surface area contributed by atoms with Crippen molar-refractivity contribution in [3.05, 3.63) is 65.2 Å². The number of carbonyl (C=O) groups excluding carboxylic acids is 1. The van der Waals surface area contributed by atoms with Crippen molar-refractivity contribution >= 4 is 15.9 Å². The van der Waals surface area contributed by atoms with Crippen molar-refractivity contribution < 1.29 is 13.2 Å². The molecule has 1 amide bonds. The Morgan fingerprint density at radius 2 is 1.63 bits per heavy atom. The third kappa shape index (κ3) is 5.70. The van der Waals surface area contributed by atoms with Crippen LogP contribution in [-0.4, -0.2) is 31.7 Å². The smallest absolute Gasteiger partial charge is 0.243 e. The van der Waals surface area contributed by atoms with Gasteiger partial charge in [0, 0.05) is 19.5 Å². The minimum atomic E-state index is -3.43. The SMILES string of the molecule is Cc1ccccc1C(C)NC(=O)CCc1ccc(S(=O)(=O)N2CCCCCC2)cc1. The van der Waals surface area contributed by atoms with Gasteiger partial charge in [-0.05, 0) is 61.9 Å². The highest BCUT2D eigenvalue weighted by molar-refractivity contribution is 7.89. The molecule has 2 aromatic carbocycles. The molecule has 1 unspecified atom stereocenters. The van der Waals surface area contributed by atoms with Crippen LogP contribution in [0.1, 0.15) is 61.8 Å². The molecule has 0 saturated carbocycles. The van der Waals surface area contributed by atoms with Crippen molar-refractivity contribution in [3.8, 4) is 0 Å². The number of hydrogen-bond acceptors (Lipinski definition) is 3. The predicted molar refractivity (Wildman–Crippen MR) is 120 cm³/mol. The Hall–Kier alpha value is -2.18. The van der Waals surface area contributed by atoms with Crippen LogP contribution in [-0.2, 0) is 21.2 Å². The summed E-state index contributed by atoms with van der Waals surface area (Å²) in [6, 6.07) is 15.0. The fraction of sp³-hybridized carbons (Fsp3) is 0.458. The molecule has 162 valence electrons. The average molecular weight is 429 g/mol. The number of sulfonamides is 1. The fourth-order valence-electron chi connectivity index (χ4n) is 3.98. The number of nitrogens with zero attached hydrogens (tertiary/aromatic N) is 1. The Morgan fingerprint density at radius 3 is 2.27 bits per heavy atom. The quantitative estimate of drug-likeness (QED) is 0.712. The summed E-state index contributed by atoms with van der Waals surface area (Å²) in [5.74, 6) is -0.00739. The zero-order chi connectivity index (χ0) is 21.6. The summed E-state index contributed by atoms with van der Waals surface area (Å²) in [6.07, 6.45) is 4.98. The fourth-order valence-corrected chi connectivity index (χ4v) is 5.50. The third-order valence-electron chi connectivity index (χ3n) is 5.80. The molecule has 6 heteroatoms. The standard InChI is InChI=1S/C24H32N2O3S/c1-19-9-5-6-10-23(19)20(2)25-24(27)16-13-21-11-14-22(15-12-21)30(28,29)26-17-7-3-4-8-18-26/h5-6,9-12,14-15,20H,3-4,7-8,13,16-18H2,1-2H3,(H,25,27). The highest BCUT2D eigenvalue weighted by atomic mass is 32.2. The maximum absolute atomic E-state index is 12.9. The van der Waals surface area contributed by atoms with E-state index in [1.54, 1.807) is 16.4 Å². The topological polar surface area (TPSA) is 66.5 Å². The molecule has 1 fully saturated rings.